The Kier molecular flexibility index (Phi) is 6.56. The molecular weight excluding hydrogens is 492 g/mol. The fraction of sp³-hybridized carbons (Fsp3) is 0.323. The van der Waals surface area contributed by atoms with E-state index >= 15 is 0 Å². The minimum absolute atomic E-state index is 0.308. The number of para-hydroxylation sites is 2. The van der Waals surface area contributed by atoms with Gasteiger partial charge in [0.15, 0.2) is 0 Å². The van der Waals surface area contributed by atoms with Crippen molar-refractivity contribution in [2.24, 2.45) is 5.92 Å². The zero-order valence-corrected chi connectivity index (χ0v) is 22.3. The molecule has 1 fully saturated rings. The molecule has 0 unspecified atom stereocenters. The number of esters is 1. The highest BCUT2D eigenvalue weighted by atomic mass is 16.5. The summed E-state index contributed by atoms with van der Waals surface area (Å²) in [5.74, 6) is -0.809. The molecule has 2 aliphatic rings. The molecule has 1 saturated carbocycles. The molecule has 8 heteroatoms. The summed E-state index contributed by atoms with van der Waals surface area (Å²) in [5.41, 5.74) is 3.99. The summed E-state index contributed by atoms with van der Waals surface area (Å²) >= 11 is 0. The second-order valence-electron chi connectivity index (χ2n) is 10.8. The standard InChI is InChI=1S/C31H32N4O4/c1-34(2)14-7-15-35-17-24(20-10-3-4-13-25(20)35)27-26(29(36)33-30(27)37)23-16-32-28-21(23)11-6-12-22(28)31(38)39-18-19-8-5-9-19/h3-4,6,10-13,16-17,19,32H,5,7-9,14-15,18H2,1-2H3,(H,33,36,37). The van der Waals surface area contributed by atoms with E-state index in [0.717, 1.165) is 48.8 Å². The number of rotatable bonds is 9. The monoisotopic (exact) mass is 524 g/mol. The van der Waals surface area contributed by atoms with E-state index in [1.54, 1.807) is 18.3 Å². The molecule has 0 atom stereocenters. The molecule has 6 rings (SSSR count). The van der Waals surface area contributed by atoms with Crippen molar-refractivity contribution in [3.05, 3.63) is 71.5 Å². The van der Waals surface area contributed by atoms with Gasteiger partial charge in [0.2, 0.25) is 0 Å². The molecule has 8 nitrogen and oxygen atoms in total. The van der Waals surface area contributed by atoms with E-state index in [-0.39, 0.29) is 5.97 Å². The minimum Gasteiger partial charge on any atom is -0.462 e. The van der Waals surface area contributed by atoms with Crippen molar-refractivity contribution in [1.82, 2.24) is 19.8 Å². The van der Waals surface area contributed by atoms with E-state index in [0.29, 0.717) is 45.7 Å². The lowest BCUT2D eigenvalue weighted by molar-refractivity contribution is -0.122. The molecule has 4 aromatic rings. The Labute approximate surface area is 226 Å². The number of nitrogens with one attached hydrogen (secondary N) is 2. The van der Waals surface area contributed by atoms with Crippen LogP contribution in [0.1, 0.15) is 47.2 Å². The molecule has 3 heterocycles. The maximum atomic E-state index is 13.3. The number of H-pyrrole nitrogens is 1. The number of nitrogens with zero attached hydrogens (tertiary/aromatic N) is 2. The van der Waals surface area contributed by atoms with Crippen molar-refractivity contribution in [1.29, 1.82) is 0 Å². The van der Waals surface area contributed by atoms with Crippen molar-refractivity contribution in [3.8, 4) is 0 Å². The Morgan fingerprint density at radius 2 is 1.74 bits per heavy atom. The highest BCUT2D eigenvalue weighted by Crippen LogP contribution is 2.39. The lowest BCUT2D eigenvalue weighted by Crippen LogP contribution is -2.22. The fourth-order valence-corrected chi connectivity index (χ4v) is 5.62. The van der Waals surface area contributed by atoms with Crippen molar-refractivity contribution in [3.63, 3.8) is 0 Å². The predicted molar refractivity (Wildman–Crippen MR) is 151 cm³/mol. The Morgan fingerprint density at radius 1 is 1.00 bits per heavy atom. The van der Waals surface area contributed by atoms with Crippen LogP contribution in [0.4, 0.5) is 0 Å². The van der Waals surface area contributed by atoms with Crippen molar-refractivity contribution in [2.45, 2.75) is 32.2 Å². The molecule has 0 saturated heterocycles. The summed E-state index contributed by atoms with van der Waals surface area (Å²) in [6.07, 6.45) is 8.00. The second-order valence-corrected chi connectivity index (χ2v) is 10.8. The quantitative estimate of drug-likeness (QED) is 0.247. The van der Waals surface area contributed by atoms with E-state index in [1.165, 1.54) is 6.42 Å². The lowest BCUT2D eigenvalue weighted by atomic mass is 9.86. The van der Waals surface area contributed by atoms with Gasteiger partial charge in [0.1, 0.15) is 0 Å². The molecule has 2 aromatic carbocycles. The second kappa shape index (κ2) is 10.2. The van der Waals surface area contributed by atoms with Crippen LogP contribution in [0, 0.1) is 5.92 Å². The highest BCUT2D eigenvalue weighted by Gasteiger charge is 2.35. The Balaban J connectivity index is 1.43. The SMILES string of the molecule is CN(C)CCCn1cc(C2=C(c3c[nH]c4c(C(=O)OCC5CCC5)cccc34)C(=O)NC2=O)c2ccccc21. The Hall–Kier alpha value is -4.17. The fourth-order valence-electron chi connectivity index (χ4n) is 5.62. The van der Waals surface area contributed by atoms with Gasteiger partial charge in [-0.15, -0.1) is 0 Å². The number of ether oxygens (including phenoxy) is 1. The molecule has 39 heavy (non-hydrogen) atoms. The van der Waals surface area contributed by atoms with E-state index < -0.39 is 11.8 Å². The molecule has 0 radical (unpaired) electrons. The minimum atomic E-state index is -0.446. The van der Waals surface area contributed by atoms with Crippen molar-refractivity contribution in [2.75, 3.05) is 27.2 Å². The molecule has 0 bridgehead atoms. The van der Waals surface area contributed by atoms with Crippen LogP contribution in [-0.4, -0.2) is 59.5 Å². The van der Waals surface area contributed by atoms with Crippen molar-refractivity contribution >= 4 is 50.7 Å². The van der Waals surface area contributed by atoms with Gasteiger partial charge in [-0.3, -0.25) is 14.9 Å². The number of aromatic nitrogens is 2. The van der Waals surface area contributed by atoms with E-state index in [2.05, 4.69) is 19.8 Å². The van der Waals surface area contributed by atoms with Crippen LogP contribution >= 0.6 is 0 Å². The number of amides is 2. The topological polar surface area (TPSA) is 96.4 Å². The van der Waals surface area contributed by atoms with Gasteiger partial charge in [0, 0.05) is 46.4 Å². The first kappa shape index (κ1) is 25.1. The first-order valence-corrected chi connectivity index (χ1v) is 13.5. The van der Waals surface area contributed by atoms with Gasteiger partial charge in [-0.25, -0.2) is 4.79 Å². The average molecular weight is 525 g/mol. The average Bonchev–Trinajstić information content (AvgIpc) is 3.55. The first-order chi connectivity index (χ1) is 18.9. The van der Waals surface area contributed by atoms with Crippen LogP contribution in [0.2, 0.25) is 0 Å². The van der Waals surface area contributed by atoms with Crippen LogP contribution in [0.15, 0.2) is 54.9 Å². The Morgan fingerprint density at radius 3 is 2.49 bits per heavy atom. The maximum absolute atomic E-state index is 13.3. The number of imide groups is 1. The number of hydrogen-bond donors (Lipinski definition) is 2. The van der Waals surface area contributed by atoms with E-state index in [4.69, 9.17) is 4.74 Å². The summed E-state index contributed by atoms with van der Waals surface area (Å²) in [5, 5.41) is 4.12. The number of aromatic amines is 1. The van der Waals surface area contributed by atoms with E-state index in [9.17, 15) is 14.4 Å². The zero-order valence-electron chi connectivity index (χ0n) is 22.3. The van der Waals surface area contributed by atoms with Crippen LogP contribution in [0.25, 0.3) is 33.0 Å². The third-order valence-corrected chi connectivity index (χ3v) is 7.87. The summed E-state index contributed by atoms with van der Waals surface area (Å²) in [7, 11) is 4.09. The van der Waals surface area contributed by atoms with E-state index in [1.807, 2.05) is 50.6 Å². The number of carbonyl (C=O) groups excluding carboxylic acids is 3. The smallest absolute Gasteiger partial charge is 0.340 e. The van der Waals surface area contributed by atoms with Gasteiger partial charge >= 0.3 is 5.97 Å². The lowest BCUT2D eigenvalue weighted by Gasteiger charge is -2.24. The zero-order chi connectivity index (χ0) is 27.1. The van der Waals surface area contributed by atoms with Crippen LogP contribution < -0.4 is 5.32 Å². The molecule has 2 amide bonds. The first-order valence-electron chi connectivity index (χ1n) is 13.5. The summed E-state index contributed by atoms with van der Waals surface area (Å²) in [4.78, 5) is 44.7. The number of carbonyl (C=O) groups is 3. The van der Waals surface area contributed by atoms with Crippen LogP contribution in [0.5, 0.6) is 0 Å². The molecule has 200 valence electrons. The molecular formula is C31H32N4O4. The molecule has 2 aromatic heterocycles. The number of hydrogen-bond acceptors (Lipinski definition) is 5. The molecule has 2 N–H and O–H groups in total. The summed E-state index contributed by atoms with van der Waals surface area (Å²) in [6, 6.07) is 13.3. The van der Waals surface area contributed by atoms with Gasteiger partial charge in [0.05, 0.1) is 28.8 Å². The van der Waals surface area contributed by atoms with Gasteiger partial charge < -0.3 is 19.2 Å². The number of aryl methyl sites for hydroxylation is 1. The maximum Gasteiger partial charge on any atom is 0.340 e. The van der Waals surface area contributed by atoms with Crippen LogP contribution in [0.3, 0.4) is 0 Å². The van der Waals surface area contributed by atoms with Gasteiger partial charge in [-0.2, -0.15) is 0 Å². The normalized spacial score (nSPS) is 16.0. The Bertz CT molecular complexity index is 1640. The molecule has 1 aliphatic carbocycles. The third kappa shape index (κ3) is 4.55. The molecule has 1 aliphatic heterocycles. The number of benzene rings is 2. The van der Waals surface area contributed by atoms with Gasteiger partial charge in [0.25, 0.3) is 11.8 Å². The third-order valence-electron chi connectivity index (χ3n) is 7.87. The summed E-state index contributed by atoms with van der Waals surface area (Å²) < 4.78 is 7.74. The summed E-state index contributed by atoms with van der Waals surface area (Å²) in [6.45, 7) is 2.15. The number of fused-ring (bicyclic) bond motifs is 2. The van der Waals surface area contributed by atoms with Crippen LogP contribution in [-0.2, 0) is 20.9 Å². The predicted octanol–water partition coefficient (Wildman–Crippen LogP) is 4.60. The largest absolute Gasteiger partial charge is 0.462 e. The molecule has 0 spiro atoms. The van der Waals surface area contributed by atoms with Gasteiger partial charge in [-0.05, 0) is 58.0 Å². The van der Waals surface area contributed by atoms with Crippen molar-refractivity contribution < 1.29 is 19.1 Å². The highest BCUT2D eigenvalue weighted by molar-refractivity contribution is 6.50. The van der Waals surface area contributed by atoms with Gasteiger partial charge in [-0.1, -0.05) is 36.8 Å².